The number of aryl methyl sites for hydroxylation is 1. The maximum Gasteiger partial charge on any atom is 0.397 e. The number of thiophene rings is 1. The second-order valence-corrected chi connectivity index (χ2v) is 8.13. The van der Waals surface area contributed by atoms with E-state index in [1.165, 1.54) is 16.2 Å². The fraction of sp³-hybridized carbons (Fsp3) is 0.556. The first-order valence-corrected chi connectivity index (χ1v) is 10.5. The second-order valence-electron chi connectivity index (χ2n) is 7.02. The SMILES string of the molecule is CCc1cc2c(N3CCN(C(=O)CC(F)(F)F)CC3)nc(O[C@@H](CN)C(N)=O)nc2s1. The smallest absolute Gasteiger partial charge is 0.397 e. The fourth-order valence-electron chi connectivity index (χ4n) is 3.21. The van der Waals surface area contributed by atoms with Crippen molar-refractivity contribution < 1.29 is 27.5 Å². The lowest BCUT2D eigenvalue weighted by Gasteiger charge is -2.35. The zero-order valence-electron chi connectivity index (χ0n) is 16.8. The Morgan fingerprint density at radius 3 is 2.48 bits per heavy atom. The highest BCUT2D eigenvalue weighted by molar-refractivity contribution is 7.18. The number of aromatic nitrogens is 2. The molecule has 2 aromatic heterocycles. The molecule has 0 spiro atoms. The third-order valence-corrected chi connectivity index (χ3v) is 5.99. The van der Waals surface area contributed by atoms with Gasteiger partial charge in [0.15, 0.2) is 6.10 Å². The van der Waals surface area contributed by atoms with Gasteiger partial charge in [-0.05, 0) is 12.5 Å². The number of carbonyl (C=O) groups is 2. The van der Waals surface area contributed by atoms with E-state index in [1.807, 2.05) is 17.9 Å². The average Bonchev–Trinajstić information content (AvgIpc) is 3.13. The first-order valence-electron chi connectivity index (χ1n) is 9.67. The molecule has 3 rings (SSSR count). The van der Waals surface area contributed by atoms with Gasteiger partial charge in [-0.2, -0.15) is 23.1 Å². The van der Waals surface area contributed by atoms with Gasteiger partial charge in [-0.3, -0.25) is 9.59 Å². The topological polar surface area (TPSA) is 128 Å². The maximum atomic E-state index is 12.5. The van der Waals surface area contributed by atoms with Gasteiger partial charge in [0.05, 0.1) is 5.39 Å². The summed E-state index contributed by atoms with van der Waals surface area (Å²) in [5.41, 5.74) is 10.8. The summed E-state index contributed by atoms with van der Waals surface area (Å²) in [6.07, 6.45) is -6.32. The van der Waals surface area contributed by atoms with Gasteiger partial charge in [0.25, 0.3) is 5.91 Å². The lowest BCUT2D eigenvalue weighted by Crippen LogP contribution is -2.49. The van der Waals surface area contributed by atoms with Crippen LogP contribution in [-0.2, 0) is 16.0 Å². The molecule has 4 N–H and O–H groups in total. The number of hydrogen-bond acceptors (Lipinski definition) is 8. The zero-order chi connectivity index (χ0) is 22.8. The first-order chi connectivity index (χ1) is 14.6. The molecule has 0 bridgehead atoms. The minimum Gasteiger partial charge on any atom is -0.449 e. The number of ether oxygens (including phenoxy) is 1. The van der Waals surface area contributed by atoms with Crippen LogP contribution in [0.25, 0.3) is 10.2 Å². The third-order valence-electron chi connectivity index (χ3n) is 4.81. The number of fused-ring (bicyclic) bond motifs is 1. The van der Waals surface area contributed by atoms with Crippen LogP contribution in [0.3, 0.4) is 0 Å². The van der Waals surface area contributed by atoms with Crippen LogP contribution in [0.15, 0.2) is 6.07 Å². The molecule has 1 aliphatic heterocycles. The van der Waals surface area contributed by atoms with Gasteiger partial charge < -0.3 is 26.0 Å². The van der Waals surface area contributed by atoms with Crippen LogP contribution in [0.2, 0.25) is 0 Å². The van der Waals surface area contributed by atoms with E-state index in [1.54, 1.807) is 0 Å². The molecule has 1 saturated heterocycles. The third kappa shape index (κ3) is 5.53. The van der Waals surface area contributed by atoms with E-state index in [0.717, 1.165) is 16.7 Å². The van der Waals surface area contributed by atoms with Crippen LogP contribution in [0.4, 0.5) is 19.0 Å². The molecule has 1 fully saturated rings. The minimum atomic E-state index is -4.54. The zero-order valence-corrected chi connectivity index (χ0v) is 17.6. The molecule has 170 valence electrons. The molecule has 13 heteroatoms. The summed E-state index contributed by atoms with van der Waals surface area (Å²) in [6.45, 7) is 2.71. The summed E-state index contributed by atoms with van der Waals surface area (Å²) in [7, 11) is 0. The lowest BCUT2D eigenvalue weighted by molar-refractivity contribution is -0.161. The quantitative estimate of drug-likeness (QED) is 0.632. The van der Waals surface area contributed by atoms with E-state index in [4.69, 9.17) is 16.2 Å². The van der Waals surface area contributed by atoms with Crippen molar-refractivity contribution in [2.45, 2.75) is 32.0 Å². The lowest BCUT2D eigenvalue weighted by atomic mass is 10.2. The van der Waals surface area contributed by atoms with Gasteiger partial charge in [-0.15, -0.1) is 11.3 Å². The molecule has 0 saturated carbocycles. The van der Waals surface area contributed by atoms with Gasteiger partial charge in [0.1, 0.15) is 17.1 Å². The molecule has 0 radical (unpaired) electrons. The summed E-state index contributed by atoms with van der Waals surface area (Å²) in [5.74, 6) is -1.16. The Kier molecular flexibility index (Phi) is 6.84. The number of primary amides is 1. The number of halogens is 3. The van der Waals surface area contributed by atoms with Crippen LogP contribution >= 0.6 is 11.3 Å². The standard InChI is InChI=1S/C18H23F3N6O3S/c1-2-10-7-11-15(24-17(25-16(11)31-10)30-12(9-22)14(23)29)27-5-3-26(4-6-27)13(28)8-18(19,20)21/h7,12H,2-6,8-9,22H2,1H3,(H2,23,29)/t12-/m0/s1. The fourth-order valence-corrected chi connectivity index (χ4v) is 4.16. The van der Waals surface area contributed by atoms with Crippen LogP contribution < -0.4 is 21.1 Å². The number of alkyl halides is 3. The Hall–Kier alpha value is -2.67. The molecular weight excluding hydrogens is 437 g/mol. The highest BCUT2D eigenvalue weighted by Gasteiger charge is 2.35. The molecule has 9 nitrogen and oxygen atoms in total. The van der Waals surface area contributed by atoms with Crippen molar-refractivity contribution in [3.8, 4) is 6.01 Å². The molecule has 2 amide bonds. The Balaban J connectivity index is 1.84. The van der Waals surface area contributed by atoms with Crippen LogP contribution in [0.5, 0.6) is 6.01 Å². The number of anilines is 1. The molecule has 2 aromatic rings. The van der Waals surface area contributed by atoms with E-state index in [2.05, 4.69) is 9.97 Å². The van der Waals surface area contributed by atoms with Crippen LogP contribution in [-0.4, -0.2) is 71.7 Å². The summed E-state index contributed by atoms with van der Waals surface area (Å²) in [5, 5.41) is 0.771. The largest absolute Gasteiger partial charge is 0.449 e. The predicted molar refractivity (Wildman–Crippen MR) is 109 cm³/mol. The van der Waals surface area contributed by atoms with E-state index in [9.17, 15) is 22.8 Å². The Labute approximate surface area is 180 Å². The summed E-state index contributed by atoms with van der Waals surface area (Å²) in [6, 6.07) is 1.89. The highest BCUT2D eigenvalue weighted by atomic mass is 32.1. The van der Waals surface area contributed by atoms with Gasteiger partial charge >= 0.3 is 12.2 Å². The number of nitrogens with two attached hydrogens (primary N) is 2. The summed E-state index contributed by atoms with van der Waals surface area (Å²) in [4.78, 5) is 36.9. The van der Waals surface area contributed by atoms with Gasteiger partial charge in [0, 0.05) is 37.6 Å². The van der Waals surface area contributed by atoms with E-state index in [-0.39, 0.29) is 25.6 Å². The summed E-state index contributed by atoms with van der Waals surface area (Å²) < 4.78 is 43.0. The number of carbonyl (C=O) groups excluding carboxylic acids is 2. The van der Waals surface area contributed by atoms with Crippen molar-refractivity contribution in [1.82, 2.24) is 14.9 Å². The number of piperazine rings is 1. The molecule has 1 aliphatic rings. The van der Waals surface area contributed by atoms with Crippen molar-refractivity contribution >= 4 is 39.2 Å². The molecule has 0 unspecified atom stereocenters. The number of hydrogen-bond donors (Lipinski definition) is 2. The van der Waals surface area contributed by atoms with Crippen molar-refractivity contribution in [3.63, 3.8) is 0 Å². The van der Waals surface area contributed by atoms with Crippen LogP contribution in [0, 0.1) is 0 Å². The predicted octanol–water partition coefficient (Wildman–Crippen LogP) is 1.05. The van der Waals surface area contributed by atoms with Crippen molar-refractivity contribution in [2.75, 3.05) is 37.6 Å². The Morgan fingerprint density at radius 1 is 1.26 bits per heavy atom. The van der Waals surface area contributed by atoms with E-state index in [0.29, 0.717) is 23.7 Å². The first kappa shape index (κ1) is 23.0. The number of nitrogens with zero attached hydrogens (tertiary/aromatic N) is 4. The van der Waals surface area contributed by atoms with Crippen molar-refractivity contribution in [2.24, 2.45) is 11.5 Å². The van der Waals surface area contributed by atoms with Gasteiger partial charge in [0.2, 0.25) is 5.91 Å². The minimum absolute atomic E-state index is 0.0585. The van der Waals surface area contributed by atoms with Crippen molar-refractivity contribution in [1.29, 1.82) is 0 Å². The molecule has 31 heavy (non-hydrogen) atoms. The maximum absolute atomic E-state index is 12.5. The Bertz CT molecular complexity index is 959. The monoisotopic (exact) mass is 460 g/mol. The average molecular weight is 460 g/mol. The molecule has 3 heterocycles. The molecule has 0 aliphatic carbocycles. The number of amides is 2. The Morgan fingerprint density at radius 2 is 1.94 bits per heavy atom. The molecule has 1 atom stereocenters. The van der Waals surface area contributed by atoms with E-state index < -0.39 is 30.5 Å². The number of rotatable bonds is 7. The summed E-state index contributed by atoms with van der Waals surface area (Å²) >= 11 is 1.45. The normalized spacial score (nSPS) is 15.9. The second kappa shape index (κ2) is 9.22. The van der Waals surface area contributed by atoms with Crippen LogP contribution in [0.1, 0.15) is 18.2 Å². The molecular formula is C18H23F3N6O3S. The highest BCUT2D eigenvalue weighted by Crippen LogP contribution is 2.33. The molecule has 0 aromatic carbocycles. The van der Waals surface area contributed by atoms with Crippen molar-refractivity contribution in [3.05, 3.63) is 10.9 Å². The van der Waals surface area contributed by atoms with Gasteiger partial charge in [-0.25, -0.2) is 0 Å². The van der Waals surface area contributed by atoms with Gasteiger partial charge in [-0.1, -0.05) is 6.92 Å². The van der Waals surface area contributed by atoms with E-state index >= 15 is 0 Å².